The van der Waals surface area contributed by atoms with E-state index in [1.807, 2.05) is 7.05 Å². The maximum absolute atomic E-state index is 13.2. The summed E-state index contributed by atoms with van der Waals surface area (Å²) in [5.74, 6) is 0.529. The number of benzene rings is 1. The topological polar surface area (TPSA) is 12.0 Å². The van der Waals surface area contributed by atoms with Crippen molar-refractivity contribution < 1.29 is 4.39 Å². The molecule has 0 aliphatic rings. The van der Waals surface area contributed by atoms with Crippen LogP contribution in [0.15, 0.2) is 22.7 Å². The van der Waals surface area contributed by atoms with Gasteiger partial charge in [-0.15, -0.1) is 0 Å². The van der Waals surface area contributed by atoms with Crippen LogP contribution in [0.4, 0.5) is 4.39 Å². The van der Waals surface area contributed by atoms with Gasteiger partial charge < -0.3 is 5.32 Å². The lowest BCUT2D eigenvalue weighted by Gasteiger charge is -2.20. The van der Waals surface area contributed by atoms with Gasteiger partial charge in [0.15, 0.2) is 0 Å². The molecule has 1 rings (SSSR count). The van der Waals surface area contributed by atoms with E-state index in [1.165, 1.54) is 12.5 Å². The molecule has 1 aromatic carbocycles. The summed E-state index contributed by atoms with van der Waals surface area (Å²) < 4.78 is 14.2. The van der Waals surface area contributed by atoms with Crippen molar-refractivity contribution in [3.05, 3.63) is 34.1 Å². The van der Waals surface area contributed by atoms with Gasteiger partial charge in [0.1, 0.15) is 5.82 Å². The molecular formula is C14H21BrFN. The second-order valence-electron chi connectivity index (χ2n) is 4.67. The van der Waals surface area contributed by atoms with Crippen molar-refractivity contribution in [1.29, 1.82) is 0 Å². The van der Waals surface area contributed by atoms with E-state index < -0.39 is 0 Å². The first-order valence-electron chi connectivity index (χ1n) is 6.18. The quantitative estimate of drug-likeness (QED) is 0.832. The Bertz CT molecular complexity index is 354. The molecule has 0 heterocycles. The minimum absolute atomic E-state index is 0.165. The summed E-state index contributed by atoms with van der Waals surface area (Å²) in [5.41, 5.74) is 1.03. The van der Waals surface area contributed by atoms with Crippen molar-refractivity contribution in [1.82, 2.24) is 5.32 Å². The van der Waals surface area contributed by atoms with E-state index in [-0.39, 0.29) is 5.82 Å². The number of hydrogen-bond acceptors (Lipinski definition) is 1. The average molecular weight is 302 g/mol. The molecule has 3 heteroatoms. The van der Waals surface area contributed by atoms with Crippen molar-refractivity contribution in [3.63, 3.8) is 0 Å². The van der Waals surface area contributed by atoms with E-state index in [4.69, 9.17) is 0 Å². The molecule has 1 nitrogen and oxygen atoms in total. The van der Waals surface area contributed by atoms with Crippen molar-refractivity contribution in [2.75, 3.05) is 7.05 Å². The smallest absolute Gasteiger partial charge is 0.123 e. The van der Waals surface area contributed by atoms with Crippen LogP contribution in [0, 0.1) is 11.7 Å². The summed E-state index contributed by atoms with van der Waals surface area (Å²) in [6.07, 6.45) is 3.16. The molecule has 96 valence electrons. The highest BCUT2D eigenvalue weighted by atomic mass is 79.9. The molecule has 0 bridgehead atoms. The standard InChI is InChI=1S/C14H21BrFN/c1-4-10(2)7-13(17-3)9-11-8-12(16)5-6-14(11)15/h5-6,8,10,13,17H,4,7,9H2,1-3H3. The highest BCUT2D eigenvalue weighted by Gasteiger charge is 2.13. The molecular weight excluding hydrogens is 281 g/mol. The predicted octanol–water partition coefficient (Wildman–Crippen LogP) is 4.15. The zero-order chi connectivity index (χ0) is 12.8. The molecule has 2 unspecified atom stereocenters. The van der Waals surface area contributed by atoms with Crippen molar-refractivity contribution in [2.24, 2.45) is 5.92 Å². The van der Waals surface area contributed by atoms with Crippen LogP contribution in [0.5, 0.6) is 0 Å². The Morgan fingerprint density at radius 2 is 2.12 bits per heavy atom. The maximum atomic E-state index is 13.2. The largest absolute Gasteiger partial charge is 0.317 e. The van der Waals surface area contributed by atoms with Gasteiger partial charge in [0.05, 0.1) is 0 Å². The first-order chi connectivity index (χ1) is 8.06. The maximum Gasteiger partial charge on any atom is 0.123 e. The molecule has 0 aliphatic carbocycles. The van der Waals surface area contributed by atoms with E-state index in [0.29, 0.717) is 12.0 Å². The Morgan fingerprint density at radius 3 is 2.71 bits per heavy atom. The Balaban J connectivity index is 2.69. The van der Waals surface area contributed by atoms with E-state index in [0.717, 1.165) is 22.9 Å². The molecule has 0 saturated carbocycles. The second kappa shape index (κ2) is 7.12. The van der Waals surface area contributed by atoms with E-state index in [2.05, 4.69) is 35.1 Å². The Kier molecular flexibility index (Phi) is 6.14. The lowest BCUT2D eigenvalue weighted by atomic mass is 9.95. The average Bonchev–Trinajstić information content (AvgIpc) is 2.32. The first kappa shape index (κ1) is 14.7. The van der Waals surface area contributed by atoms with Crippen LogP contribution in [-0.2, 0) is 6.42 Å². The number of halogens is 2. The Morgan fingerprint density at radius 1 is 1.41 bits per heavy atom. The van der Waals surface area contributed by atoms with Crippen LogP contribution in [-0.4, -0.2) is 13.1 Å². The predicted molar refractivity (Wildman–Crippen MR) is 74.7 cm³/mol. The van der Waals surface area contributed by atoms with Gasteiger partial charge in [-0.3, -0.25) is 0 Å². The summed E-state index contributed by atoms with van der Waals surface area (Å²) in [6.45, 7) is 4.46. The van der Waals surface area contributed by atoms with Gasteiger partial charge in [-0.05, 0) is 49.6 Å². The second-order valence-corrected chi connectivity index (χ2v) is 5.53. The lowest BCUT2D eigenvalue weighted by molar-refractivity contribution is 0.409. The molecule has 0 amide bonds. The SMILES string of the molecule is CCC(C)CC(Cc1cc(F)ccc1Br)NC. The van der Waals surface area contributed by atoms with Crippen LogP contribution in [0.1, 0.15) is 32.3 Å². The van der Waals surface area contributed by atoms with Crippen molar-refractivity contribution >= 4 is 15.9 Å². The van der Waals surface area contributed by atoms with Crippen molar-refractivity contribution in [2.45, 2.75) is 39.2 Å². The van der Waals surface area contributed by atoms with Gasteiger partial charge in [-0.2, -0.15) is 0 Å². The fourth-order valence-electron chi connectivity index (χ4n) is 1.92. The zero-order valence-corrected chi connectivity index (χ0v) is 12.3. The number of likely N-dealkylation sites (N-methyl/N-ethyl adjacent to an activating group) is 1. The number of rotatable bonds is 6. The number of nitrogens with one attached hydrogen (secondary N) is 1. The Hall–Kier alpha value is -0.410. The minimum atomic E-state index is -0.165. The molecule has 2 atom stereocenters. The summed E-state index contributed by atoms with van der Waals surface area (Å²) in [5, 5.41) is 3.32. The molecule has 0 aliphatic heterocycles. The van der Waals surface area contributed by atoms with E-state index in [1.54, 1.807) is 12.1 Å². The monoisotopic (exact) mass is 301 g/mol. The number of hydrogen-bond donors (Lipinski definition) is 1. The molecule has 0 spiro atoms. The third-order valence-corrected chi connectivity index (χ3v) is 4.04. The molecule has 0 saturated heterocycles. The van der Waals surface area contributed by atoms with Crippen LogP contribution in [0.25, 0.3) is 0 Å². The molecule has 0 aromatic heterocycles. The fraction of sp³-hybridized carbons (Fsp3) is 0.571. The van der Waals surface area contributed by atoms with Crippen LogP contribution in [0.2, 0.25) is 0 Å². The highest BCUT2D eigenvalue weighted by molar-refractivity contribution is 9.10. The minimum Gasteiger partial charge on any atom is -0.317 e. The third-order valence-electron chi connectivity index (χ3n) is 3.27. The van der Waals surface area contributed by atoms with Gasteiger partial charge in [-0.1, -0.05) is 36.2 Å². The molecule has 0 fully saturated rings. The summed E-state index contributed by atoms with van der Waals surface area (Å²) in [7, 11) is 1.97. The molecule has 17 heavy (non-hydrogen) atoms. The zero-order valence-electron chi connectivity index (χ0n) is 10.8. The Labute approximate surface area is 112 Å². The van der Waals surface area contributed by atoms with E-state index >= 15 is 0 Å². The fourth-order valence-corrected chi connectivity index (χ4v) is 2.33. The van der Waals surface area contributed by atoms with Crippen LogP contribution >= 0.6 is 15.9 Å². The first-order valence-corrected chi connectivity index (χ1v) is 6.97. The molecule has 1 aromatic rings. The normalized spacial score (nSPS) is 14.6. The summed E-state index contributed by atoms with van der Waals surface area (Å²) in [4.78, 5) is 0. The van der Waals surface area contributed by atoms with Crippen LogP contribution in [0.3, 0.4) is 0 Å². The summed E-state index contributed by atoms with van der Waals surface area (Å²) in [6, 6.07) is 5.28. The van der Waals surface area contributed by atoms with Crippen molar-refractivity contribution in [3.8, 4) is 0 Å². The lowest BCUT2D eigenvalue weighted by Crippen LogP contribution is -2.29. The molecule has 0 radical (unpaired) electrons. The van der Waals surface area contributed by atoms with Crippen LogP contribution < -0.4 is 5.32 Å². The van der Waals surface area contributed by atoms with E-state index in [9.17, 15) is 4.39 Å². The molecule has 1 N–H and O–H groups in total. The highest BCUT2D eigenvalue weighted by Crippen LogP contribution is 2.21. The van der Waals surface area contributed by atoms with Gasteiger partial charge in [0.25, 0.3) is 0 Å². The van der Waals surface area contributed by atoms with Gasteiger partial charge in [-0.25, -0.2) is 4.39 Å². The third kappa shape index (κ3) is 4.76. The van der Waals surface area contributed by atoms with Gasteiger partial charge in [0.2, 0.25) is 0 Å². The summed E-state index contributed by atoms with van der Waals surface area (Å²) >= 11 is 3.48. The van der Waals surface area contributed by atoms with Gasteiger partial charge >= 0.3 is 0 Å². The van der Waals surface area contributed by atoms with Gasteiger partial charge in [0, 0.05) is 10.5 Å².